The van der Waals surface area contributed by atoms with Crippen LogP contribution in [0.1, 0.15) is 32.2 Å². The van der Waals surface area contributed by atoms with Gasteiger partial charge in [0.25, 0.3) is 5.91 Å². The molecule has 1 amide bonds. The van der Waals surface area contributed by atoms with Crippen LogP contribution >= 0.6 is 0 Å². The fraction of sp³-hybridized carbons (Fsp3) is 0.150. The zero-order valence-electron chi connectivity index (χ0n) is 13.5. The lowest BCUT2D eigenvalue weighted by Gasteiger charge is -2.15. The van der Waals surface area contributed by atoms with Crippen molar-refractivity contribution in [3.63, 3.8) is 0 Å². The van der Waals surface area contributed by atoms with Gasteiger partial charge in [-0.3, -0.25) is 14.6 Å². The third-order valence-electron chi connectivity index (χ3n) is 4.42. The van der Waals surface area contributed by atoms with E-state index in [1.807, 2.05) is 41.3 Å². The van der Waals surface area contributed by atoms with E-state index in [1.165, 1.54) is 0 Å². The number of benzene rings is 1. The molecule has 1 aliphatic rings. The normalized spacial score (nSPS) is 13.1. The van der Waals surface area contributed by atoms with Crippen LogP contribution in [0.4, 0.5) is 0 Å². The third-order valence-corrected chi connectivity index (χ3v) is 4.42. The van der Waals surface area contributed by atoms with Gasteiger partial charge in [0.05, 0.1) is 0 Å². The molecular weight excluding hydrogens is 316 g/mol. The molecule has 0 N–H and O–H groups in total. The molecule has 0 spiro atoms. The number of carbonyl (C=O) groups excluding carboxylic acids is 2. The number of furan rings is 1. The number of nitrogens with zero attached hydrogens (tertiary/aromatic N) is 2. The van der Waals surface area contributed by atoms with Gasteiger partial charge in [0.1, 0.15) is 5.76 Å². The van der Waals surface area contributed by atoms with Crippen molar-refractivity contribution >= 4 is 12.2 Å². The Labute approximate surface area is 144 Å². The van der Waals surface area contributed by atoms with Gasteiger partial charge in [-0.15, -0.1) is 0 Å². The Hall–Kier alpha value is -3.21. The molecule has 0 aliphatic carbocycles. The van der Waals surface area contributed by atoms with Crippen molar-refractivity contribution in [3.8, 4) is 11.3 Å². The highest BCUT2D eigenvalue weighted by Gasteiger charge is 2.29. The first kappa shape index (κ1) is 15.3. The van der Waals surface area contributed by atoms with Crippen LogP contribution in [-0.2, 0) is 13.0 Å². The SMILES string of the molecule is O=Cc1ccc(-c2cccc3c2CN(CCc2ccccn2)C3=O)o1. The van der Waals surface area contributed by atoms with E-state index in [9.17, 15) is 9.59 Å². The summed E-state index contributed by atoms with van der Waals surface area (Å²) < 4.78 is 5.54. The van der Waals surface area contributed by atoms with Crippen molar-refractivity contribution in [1.29, 1.82) is 0 Å². The third kappa shape index (κ3) is 2.85. The number of rotatable bonds is 5. The van der Waals surface area contributed by atoms with Gasteiger partial charge in [0.15, 0.2) is 12.0 Å². The molecule has 0 bridgehead atoms. The lowest BCUT2D eigenvalue weighted by atomic mass is 10.0. The van der Waals surface area contributed by atoms with Gasteiger partial charge in [0, 0.05) is 42.5 Å². The molecular formula is C20H16N2O3. The molecule has 25 heavy (non-hydrogen) atoms. The van der Waals surface area contributed by atoms with Crippen LogP contribution in [-0.4, -0.2) is 28.6 Å². The summed E-state index contributed by atoms with van der Waals surface area (Å²) in [5.41, 5.74) is 3.47. The Balaban J connectivity index is 1.58. The number of pyridine rings is 1. The highest BCUT2D eigenvalue weighted by Crippen LogP contribution is 2.33. The molecule has 1 aromatic carbocycles. The molecule has 124 valence electrons. The minimum atomic E-state index is 0.0231. The van der Waals surface area contributed by atoms with E-state index in [4.69, 9.17) is 4.42 Å². The van der Waals surface area contributed by atoms with Crippen molar-refractivity contribution in [3.05, 3.63) is 77.3 Å². The van der Waals surface area contributed by atoms with Crippen molar-refractivity contribution in [2.45, 2.75) is 13.0 Å². The second-order valence-electron chi connectivity index (χ2n) is 5.95. The Morgan fingerprint density at radius 3 is 2.72 bits per heavy atom. The summed E-state index contributed by atoms with van der Waals surface area (Å²) >= 11 is 0. The van der Waals surface area contributed by atoms with Crippen LogP contribution in [0, 0.1) is 0 Å². The van der Waals surface area contributed by atoms with Gasteiger partial charge in [-0.25, -0.2) is 0 Å². The lowest BCUT2D eigenvalue weighted by Crippen LogP contribution is -2.26. The first-order valence-electron chi connectivity index (χ1n) is 8.13. The molecule has 4 rings (SSSR count). The Bertz CT molecular complexity index is 931. The second kappa shape index (κ2) is 6.36. The van der Waals surface area contributed by atoms with Crippen molar-refractivity contribution < 1.29 is 14.0 Å². The predicted molar refractivity (Wildman–Crippen MR) is 92.2 cm³/mol. The van der Waals surface area contributed by atoms with E-state index in [2.05, 4.69) is 4.98 Å². The van der Waals surface area contributed by atoms with Gasteiger partial charge in [-0.05, 0) is 35.9 Å². The number of fused-ring (bicyclic) bond motifs is 1. The average molecular weight is 332 g/mol. The zero-order valence-corrected chi connectivity index (χ0v) is 13.5. The average Bonchev–Trinajstić information content (AvgIpc) is 3.26. The largest absolute Gasteiger partial charge is 0.453 e. The molecule has 0 fully saturated rings. The van der Waals surface area contributed by atoms with Gasteiger partial charge in [0.2, 0.25) is 0 Å². The highest BCUT2D eigenvalue weighted by molar-refractivity contribution is 6.00. The molecule has 2 aromatic heterocycles. The van der Waals surface area contributed by atoms with E-state index in [0.717, 1.165) is 16.8 Å². The van der Waals surface area contributed by atoms with Crippen molar-refractivity contribution in [1.82, 2.24) is 9.88 Å². The number of carbonyl (C=O) groups is 2. The second-order valence-corrected chi connectivity index (χ2v) is 5.95. The van der Waals surface area contributed by atoms with Crippen molar-refractivity contribution in [2.75, 3.05) is 6.54 Å². The first-order chi connectivity index (χ1) is 12.3. The summed E-state index contributed by atoms with van der Waals surface area (Å²) in [6, 6.07) is 14.8. The number of aldehydes is 1. The lowest BCUT2D eigenvalue weighted by molar-refractivity contribution is 0.0780. The summed E-state index contributed by atoms with van der Waals surface area (Å²) in [5.74, 6) is 0.914. The topological polar surface area (TPSA) is 63.4 Å². The van der Waals surface area contributed by atoms with Crippen LogP contribution < -0.4 is 0 Å². The number of aromatic nitrogens is 1. The Morgan fingerprint density at radius 2 is 1.96 bits per heavy atom. The molecule has 3 aromatic rings. The zero-order chi connectivity index (χ0) is 17.2. The van der Waals surface area contributed by atoms with Crippen LogP contribution in [0.2, 0.25) is 0 Å². The van der Waals surface area contributed by atoms with E-state index in [-0.39, 0.29) is 11.7 Å². The molecule has 1 aliphatic heterocycles. The molecule has 5 heteroatoms. The first-order valence-corrected chi connectivity index (χ1v) is 8.13. The maximum absolute atomic E-state index is 12.7. The van der Waals surface area contributed by atoms with Crippen LogP contribution in [0.3, 0.4) is 0 Å². The summed E-state index contributed by atoms with van der Waals surface area (Å²) in [4.78, 5) is 29.7. The molecule has 0 saturated carbocycles. The van der Waals surface area contributed by atoms with Crippen molar-refractivity contribution in [2.24, 2.45) is 0 Å². The van der Waals surface area contributed by atoms with Crippen LogP contribution in [0.15, 0.2) is 59.1 Å². The molecule has 0 saturated heterocycles. The number of hydrogen-bond donors (Lipinski definition) is 0. The monoisotopic (exact) mass is 332 g/mol. The smallest absolute Gasteiger partial charge is 0.254 e. The molecule has 5 nitrogen and oxygen atoms in total. The maximum atomic E-state index is 12.7. The quantitative estimate of drug-likeness (QED) is 0.672. The highest BCUT2D eigenvalue weighted by atomic mass is 16.3. The summed E-state index contributed by atoms with van der Waals surface area (Å²) in [5, 5.41) is 0. The standard InChI is InChI=1S/C20H16N2O3/c23-13-15-7-8-19(25-15)16-5-3-6-17-18(16)12-22(20(17)24)11-9-14-4-1-2-10-21-14/h1-8,10,13H,9,11-12H2. The van der Waals surface area contributed by atoms with Crippen LogP contribution in [0.5, 0.6) is 0 Å². The van der Waals surface area contributed by atoms with Gasteiger partial charge < -0.3 is 9.32 Å². The van der Waals surface area contributed by atoms with Gasteiger partial charge in [-0.1, -0.05) is 18.2 Å². The summed E-state index contributed by atoms with van der Waals surface area (Å²) in [7, 11) is 0. The molecule has 0 unspecified atom stereocenters. The molecule has 0 radical (unpaired) electrons. The Morgan fingerprint density at radius 1 is 1.08 bits per heavy atom. The van der Waals surface area contributed by atoms with E-state index < -0.39 is 0 Å². The van der Waals surface area contributed by atoms with E-state index >= 15 is 0 Å². The van der Waals surface area contributed by atoms with E-state index in [0.29, 0.717) is 37.1 Å². The maximum Gasteiger partial charge on any atom is 0.254 e. The van der Waals surface area contributed by atoms with Gasteiger partial charge in [-0.2, -0.15) is 0 Å². The van der Waals surface area contributed by atoms with E-state index in [1.54, 1.807) is 18.3 Å². The minimum absolute atomic E-state index is 0.0231. The minimum Gasteiger partial charge on any atom is -0.453 e. The van der Waals surface area contributed by atoms with Gasteiger partial charge >= 0.3 is 0 Å². The molecule has 0 atom stereocenters. The summed E-state index contributed by atoms with van der Waals surface area (Å²) in [6.45, 7) is 1.15. The summed E-state index contributed by atoms with van der Waals surface area (Å²) in [6.07, 6.45) is 3.15. The fourth-order valence-corrected chi connectivity index (χ4v) is 3.16. The number of hydrogen-bond acceptors (Lipinski definition) is 4. The molecule has 3 heterocycles. The predicted octanol–water partition coefficient (Wildman–Crippen LogP) is 3.35. The number of amides is 1. The van der Waals surface area contributed by atoms with Crippen LogP contribution in [0.25, 0.3) is 11.3 Å². The Kier molecular flexibility index (Phi) is 3.90. The fourth-order valence-electron chi connectivity index (χ4n) is 3.16.